The van der Waals surface area contributed by atoms with Crippen molar-refractivity contribution in [1.29, 1.82) is 0 Å². The third kappa shape index (κ3) is 4.99. The molecule has 2 heterocycles. The quantitative estimate of drug-likeness (QED) is 0.637. The lowest BCUT2D eigenvalue weighted by molar-refractivity contribution is -0.137. The van der Waals surface area contributed by atoms with Gasteiger partial charge in [-0.3, -0.25) is 9.69 Å². The van der Waals surface area contributed by atoms with Gasteiger partial charge >= 0.3 is 6.18 Å². The van der Waals surface area contributed by atoms with Crippen LogP contribution in [-0.2, 0) is 23.9 Å². The number of carbonyl (C=O) groups excluding carboxylic acids is 1. The first kappa shape index (κ1) is 20.4. The third-order valence-corrected chi connectivity index (χ3v) is 5.24. The van der Waals surface area contributed by atoms with Crippen LogP contribution in [0.4, 0.5) is 30.6 Å². The van der Waals surface area contributed by atoms with E-state index in [1.165, 1.54) is 0 Å². The zero-order valence-corrected chi connectivity index (χ0v) is 16.3. The number of fused-ring (bicyclic) bond motifs is 1. The highest BCUT2D eigenvalue weighted by Crippen LogP contribution is 2.36. The van der Waals surface area contributed by atoms with Crippen LogP contribution in [0.2, 0.25) is 0 Å². The molecule has 160 valence electrons. The van der Waals surface area contributed by atoms with Gasteiger partial charge in [0.15, 0.2) is 0 Å². The Morgan fingerprint density at radius 3 is 2.77 bits per heavy atom. The van der Waals surface area contributed by atoms with Crippen LogP contribution in [0, 0.1) is 0 Å². The third-order valence-electron chi connectivity index (χ3n) is 5.24. The molecular formula is C20H23F3N6O. The van der Waals surface area contributed by atoms with E-state index in [9.17, 15) is 18.0 Å². The molecule has 1 aliphatic heterocycles. The molecule has 2 aromatic rings. The Hall–Kier alpha value is -2.88. The molecule has 1 fully saturated rings. The molecule has 0 spiro atoms. The number of rotatable bonds is 7. The number of benzene rings is 1. The minimum atomic E-state index is -4.51. The summed E-state index contributed by atoms with van der Waals surface area (Å²) in [5, 5.41) is 5.86. The molecule has 4 rings (SSSR count). The predicted octanol–water partition coefficient (Wildman–Crippen LogP) is 3.05. The maximum Gasteiger partial charge on any atom is 0.421 e. The highest BCUT2D eigenvalue weighted by Gasteiger charge is 2.36. The van der Waals surface area contributed by atoms with E-state index in [0.717, 1.165) is 55.4 Å². The Kier molecular flexibility index (Phi) is 5.50. The summed E-state index contributed by atoms with van der Waals surface area (Å²) in [6.07, 6.45) is -0.878. The number of aromatic nitrogens is 2. The number of alkyl halides is 3. The molecule has 1 aliphatic carbocycles. The van der Waals surface area contributed by atoms with E-state index < -0.39 is 11.7 Å². The summed E-state index contributed by atoms with van der Waals surface area (Å²) in [6.45, 7) is 2.18. The van der Waals surface area contributed by atoms with Gasteiger partial charge in [0.05, 0.1) is 0 Å². The number of anilines is 3. The van der Waals surface area contributed by atoms with E-state index in [2.05, 4.69) is 25.5 Å². The van der Waals surface area contributed by atoms with Crippen molar-refractivity contribution in [3.63, 3.8) is 0 Å². The summed E-state index contributed by atoms with van der Waals surface area (Å²) >= 11 is 0. The number of hydrogen-bond donors (Lipinski definition) is 3. The second-order valence-corrected chi connectivity index (χ2v) is 7.72. The summed E-state index contributed by atoms with van der Waals surface area (Å²) in [4.78, 5) is 21.1. The fourth-order valence-corrected chi connectivity index (χ4v) is 3.46. The highest BCUT2D eigenvalue weighted by molar-refractivity contribution is 5.73. The van der Waals surface area contributed by atoms with Gasteiger partial charge < -0.3 is 16.4 Å². The van der Waals surface area contributed by atoms with Crippen LogP contribution in [0.15, 0.2) is 24.4 Å². The Morgan fingerprint density at radius 2 is 2.07 bits per heavy atom. The standard InChI is InChI=1S/C20H23F3N6O/c21-20(22,23)16-10-25-19(28-18(16)26-14-3-4-14)27-15-2-1-13-11-29(8-6-17(24)30)7-5-12(13)9-15/h1-2,9-10,14H,3-8,11H2,(H2,24,30)(H2,25,26,27,28). The summed E-state index contributed by atoms with van der Waals surface area (Å²) in [7, 11) is 0. The molecule has 1 saturated carbocycles. The zero-order valence-electron chi connectivity index (χ0n) is 16.3. The van der Waals surface area contributed by atoms with E-state index >= 15 is 0 Å². The van der Waals surface area contributed by atoms with Crippen LogP contribution in [-0.4, -0.2) is 39.9 Å². The molecule has 1 amide bonds. The van der Waals surface area contributed by atoms with Crippen molar-refractivity contribution in [3.8, 4) is 0 Å². The summed E-state index contributed by atoms with van der Waals surface area (Å²) < 4.78 is 39.7. The number of hydrogen-bond acceptors (Lipinski definition) is 6. The van der Waals surface area contributed by atoms with Crippen LogP contribution in [0.5, 0.6) is 0 Å². The molecule has 10 heteroatoms. The fraction of sp³-hybridized carbons (Fsp3) is 0.450. The maximum absolute atomic E-state index is 13.2. The Bertz CT molecular complexity index is 945. The molecule has 0 unspecified atom stereocenters. The summed E-state index contributed by atoms with van der Waals surface area (Å²) in [5.74, 6) is -0.386. The summed E-state index contributed by atoms with van der Waals surface area (Å²) in [6, 6.07) is 5.83. The monoisotopic (exact) mass is 420 g/mol. The first-order valence-electron chi connectivity index (χ1n) is 9.88. The molecule has 4 N–H and O–H groups in total. The first-order chi connectivity index (χ1) is 14.3. The zero-order chi connectivity index (χ0) is 21.3. The molecule has 1 aromatic carbocycles. The molecule has 0 bridgehead atoms. The maximum atomic E-state index is 13.2. The number of primary amides is 1. The van der Waals surface area contributed by atoms with E-state index in [1.54, 1.807) is 0 Å². The van der Waals surface area contributed by atoms with Crippen molar-refractivity contribution >= 4 is 23.4 Å². The molecule has 7 nitrogen and oxygen atoms in total. The van der Waals surface area contributed by atoms with E-state index in [-0.39, 0.29) is 23.7 Å². The van der Waals surface area contributed by atoms with Gasteiger partial charge in [0.1, 0.15) is 11.4 Å². The van der Waals surface area contributed by atoms with Crippen LogP contribution >= 0.6 is 0 Å². The Morgan fingerprint density at radius 1 is 1.27 bits per heavy atom. The topological polar surface area (TPSA) is 96.2 Å². The SMILES string of the molecule is NC(=O)CCN1CCc2cc(Nc3ncc(C(F)(F)F)c(NC4CC4)n3)ccc2C1. The minimum Gasteiger partial charge on any atom is -0.370 e. The lowest BCUT2D eigenvalue weighted by atomic mass is 9.99. The van der Waals surface area contributed by atoms with Gasteiger partial charge in [0.2, 0.25) is 11.9 Å². The number of nitrogens with two attached hydrogens (primary N) is 1. The van der Waals surface area contributed by atoms with Crippen molar-refractivity contribution in [2.24, 2.45) is 5.73 Å². The number of nitrogens with one attached hydrogen (secondary N) is 2. The number of nitrogens with zero attached hydrogens (tertiary/aromatic N) is 3. The van der Waals surface area contributed by atoms with Gasteiger partial charge in [-0.25, -0.2) is 4.98 Å². The molecule has 30 heavy (non-hydrogen) atoms. The Labute approximate surface area is 171 Å². The van der Waals surface area contributed by atoms with Crippen molar-refractivity contribution in [2.75, 3.05) is 23.7 Å². The van der Waals surface area contributed by atoms with Crippen LogP contribution in [0.25, 0.3) is 0 Å². The predicted molar refractivity (Wildman–Crippen MR) is 106 cm³/mol. The fourth-order valence-electron chi connectivity index (χ4n) is 3.46. The largest absolute Gasteiger partial charge is 0.421 e. The second kappa shape index (κ2) is 8.10. The average molecular weight is 420 g/mol. The molecule has 0 radical (unpaired) electrons. The van der Waals surface area contributed by atoms with Crippen molar-refractivity contribution in [2.45, 2.75) is 44.4 Å². The van der Waals surface area contributed by atoms with Gasteiger partial charge in [-0.15, -0.1) is 0 Å². The van der Waals surface area contributed by atoms with Crippen molar-refractivity contribution < 1.29 is 18.0 Å². The molecule has 1 aromatic heterocycles. The van der Waals surface area contributed by atoms with Crippen molar-refractivity contribution in [3.05, 3.63) is 41.1 Å². The van der Waals surface area contributed by atoms with E-state index in [1.807, 2.05) is 18.2 Å². The van der Waals surface area contributed by atoms with Crippen molar-refractivity contribution in [1.82, 2.24) is 14.9 Å². The lowest BCUT2D eigenvalue weighted by Gasteiger charge is -2.28. The first-order valence-corrected chi connectivity index (χ1v) is 9.88. The molecule has 2 aliphatic rings. The minimum absolute atomic E-state index is 0.0371. The van der Waals surface area contributed by atoms with Gasteiger partial charge in [-0.1, -0.05) is 6.07 Å². The number of amides is 1. The second-order valence-electron chi connectivity index (χ2n) is 7.72. The number of carbonyl (C=O) groups is 1. The van der Waals surface area contributed by atoms with Gasteiger partial charge in [0.25, 0.3) is 0 Å². The van der Waals surface area contributed by atoms with Gasteiger partial charge in [-0.05, 0) is 42.5 Å². The lowest BCUT2D eigenvalue weighted by Crippen LogP contribution is -2.33. The number of halogens is 3. The molecule has 0 saturated heterocycles. The smallest absolute Gasteiger partial charge is 0.370 e. The average Bonchev–Trinajstić information content (AvgIpc) is 3.49. The van der Waals surface area contributed by atoms with Gasteiger partial charge in [-0.2, -0.15) is 18.2 Å². The van der Waals surface area contributed by atoms with Crippen LogP contribution in [0.1, 0.15) is 36.0 Å². The van der Waals surface area contributed by atoms with Gasteiger partial charge in [0, 0.05) is 44.0 Å². The van der Waals surface area contributed by atoms with Crippen LogP contribution < -0.4 is 16.4 Å². The molecule has 0 atom stereocenters. The van der Waals surface area contributed by atoms with E-state index in [0.29, 0.717) is 13.0 Å². The van der Waals surface area contributed by atoms with Crippen LogP contribution in [0.3, 0.4) is 0 Å². The highest BCUT2D eigenvalue weighted by atomic mass is 19.4. The van der Waals surface area contributed by atoms with E-state index in [4.69, 9.17) is 5.73 Å². The normalized spacial score (nSPS) is 16.8. The summed E-state index contributed by atoms with van der Waals surface area (Å²) in [5.41, 5.74) is 7.38. The molecular weight excluding hydrogens is 397 g/mol. The Balaban J connectivity index is 1.48.